The van der Waals surface area contributed by atoms with Crippen LogP contribution in [0.25, 0.3) is 0 Å². The van der Waals surface area contributed by atoms with E-state index >= 15 is 0 Å². The van der Waals surface area contributed by atoms with Gasteiger partial charge in [-0.05, 0) is 37.3 Å². The van der Waals surface area contributed by atoms with Gasteiger partial charge in [0.2, 0.25) is 0 Å². The lowest BCUT2D eigenvalue weighted by Crippen LogP contribution is -2.36. The summed E-state index contributed by atoms with van der Waals surface area (Å²) in [6, 6.07) is 8.55. The van der Waals surface area contributed by atoms with E-state index in [0.717, 1.165) is 56.0 Å². The summed E-state index contributed by atoms with van der Waals surface area (Å²) < 4.78 is 0. The molecule has 25 heavy (non-hydrogen) atoms. The lowest BCUT2D eigenvalue weighted by molar-refractivity contribution is 0.239. The first-order valence-electron chi connectivity index (χ1n) is 9.59. The summed E-state index contributed by atoms with van der Waals surface area (Å²) in [5.41, 5.74) is 4.70. The number of fused-ring (bicyclic) bond motifs is 1. The molecular formula is C21H27N3O. The molecule has 0 unspecified atom stereocenters. The molecule has 2 heterocycles. The first kappa shape index (κ1) is 16.5. The van der Waals surface area contributed by atoms with Gasteiger partial charge in [0, 0.05) is 31.1 Å². The van der Waals surface area contributed by atoms with Crippen LogP contribution in [0, 0.1) is 6.92 Å². The molecule has 4 heteroatoms. The molecule has 1 aliphatic carbocycles. The standard InChI is InChI=1S/C21H27N3O/c1-15-7-5-6-10-17(15)13-24-12-11-18-19(14-24)22-20(23-21(18)25)16-8-3-2-4-9-16/h5-7,10,16H,2-4,8-9,11-14H2,1H3,(H,22,23,25). The Labute approximate surface area is 149 Å². The van der Waals surface area contributed by atoms with Gasteiger partial charge in [0.15, 0.2) is 0 Å². The second-order valence-corrected chi connectivity index (χ2v) is 7.60. The van der Waals surface area contributed by atoms with Crippen LogP contribution in [0.3, 0.4) is 0 Å². The van der Waals surface area contributed by atoms with E-state index in [2.05, 4.69) is 41.1 Å². The Bertz CT molecular complexity index is 805. The Morgan fingerprint density at radius 2 is 2.00 bits per heavy atom. The van der Waals surface area contributed by atoms with E-state index < -0.39 is 0 Å². The molecule has 0 spiro atoms. The highest BCUT2D eigenvalue weighted by atomic mass is 16.1. The molecule has 0 radical (unpaired) electrons. The Kier molecular flexibility index (Phi) is 4.71. The topological polar surface area (TPSA) is 49.0 Å². The molecule has 1 aliphatic heterocycles. The quantitative estimate of drug-likeness (QED) is 0.929. The minimum Gasteiger partial charge on any atom is -0.310 e. The van der Waals surface area contributed by atoms with Crippen LogP contribution in [0.1, 0.15) is 66.2 Å². The number of aromatic nitrogens is 2. The van der Waals surface area contributed by atoms with Crippen LogP contribution in [-0.4, -0.2) is 21.4 Å². The highest BCUT2D eigenvalue weighted by Crippen LogP contribution is 2.30. The minimum absolute atomic E-state index is 0.0983. The number of H-pyrrole nitrogens is 1. The van der Waals surface area contributed by atoms with Gasteiger partial charge in [0.25, 0.3) is 5.56 Å². The summed E-state index contributed by atoms with van der Waals surface area (Å²) >= 11 is 0. The van der Waals surface area contributed by atoms with Gasteiger partial charge in [0.1, 0.15) is 5.82 Å². The van der Waals surface area contributed by atoms with E-state index in [1.54, 1.807) is 0 Å². The zero-order valence-electron chi connectivity index (χ0n) is 15.1. The molecule has 1 saturated carbocycles. The Morgan fingerprint density at radius 3 is 2.80 bits per heavy atom. The highest BCUT2D eigenvalue weighted by molar-refractivity contribution is 5.27. The predicted molar refractivity (Wildman–Crippen MR) is 99.7 cm³/mol. The summed E-state index contributed by atoms with van der Waals surface area (Å²) in [6.45, 7) is 4.80. The van der Waals surface area contributed by atoms with Gasteiger partial charge in [-0.1, -0.05) is 43.5 Å². The van der Waals surface area contributed by atoms with Gasteiger partial charge >= 0.3 is 0 Å². The monoisotopic (exact) mass is 337 g/mol. The van der Waals surface area contributed by atoms with Crippen molar-refractivity contribution in [2.75, 3.05) is 6.54 Å². The van der Waals surface area contributed by atoms with Crippen LogP contribution in [0.2, 0.25) is 0 Å². The molecule has 1 N–H and O–H groups in total. The Hall–Kier alpha value is -1.94. The Morgan fingerprint density at radius 1 is 1.20 bits per heavy atom. The van der Waals surface area contributed by atoms with Crippen molar-refractivity contribution in [3.63, 3.8) is 0 Å². The number of nitrogens with one attached hydrogen (secondary N) is 1. The number of nitrogens with zero attached hydrogens (tertiary/aromatic N) is 2. The summed E-state index contributed by atoms with van der Waals surface area (Å²) in [5.74, 6) is 1.37. The second kappa shape index (κ2) is 7.12. The maximum atomic E-state index is 12.5. The lowest BCUT2D eigenvalue weighted by atomic mass is 9.88. The highest BCUT2D eigenvalue weighted by Gasteiger charge is 2.24. The van der Waals surface area contributed by atoms with Crippen molar-refractivity contribution >= 4 is 0 Å². The normalized spacial score (nSPS) is 18.9. The van der Waals surface area contributed by atoms with Crippen molar-refractivity contribution < 1.29 is 0 Å². The van der Waals surface area contributed by atoms with E-state index in [-0.39, 0.29) is 5.56 Å². The predicted octanol–water partition coefficient (Wildman–Crippen LogP) is 3.68. The van der Waals surface area contributed by atoms with Crippen LogP contribution in [-0.2, 0) is 19.5 Å². The summed E-state index contributed by atoms with van der Waals surface area (Å²) in [4.78, 5) is 23.0. The van der Waals surface area contributed by atoms with Gasteiger partial charge in [-0.3, -0.25) is 9.69 Å². The summed E-state index contributed by atoms with van der Waals surface area (Å²) in [7, 11) is 0. The van der Waals surface area contributed by atoms with Crippen molar-refractivity contribution in [1.82, 2.24) is 14.9 Å². The molecule has 1 fully saturated rings. The number of aryl methyl sites for hydroxylation is 1. The fourth-order valence-corrected chi connectivity index (χ4v) is 4.25. The first-order valence-corrected chi connectivity index (χ1v) is 9.59. The van der Waals surface area contributed by atoms with Crippen LogP contribution in [0.15, 0.2) is 29.1 Å². The van der Waals surface area contributed by atoms with E-state index in [0.29, 0.717) is 5.92 Å². The van der Waals surface area contributed by atoms with Gasteiger partial charge in [-0.2, -0.15) is 0 Å². The molecule has 132 valence electrons. The largest absolute Gasteiger partial charge is 0.310 e. The molecular weight excluding hydrogens is 310 g/mol. The van der Waals surface area contributed by atoms with Crippen LogP contribution in [0.4, 0.5) is 0 Å². The fraction of sp³-hybridized carbons (Fsp3) is 0.524. The first-order chi connectivity index (χ1) is 12.2. The van der Waals surface area contributed by atoms with Gasteiger partial charge in [0.05, 0.1) is 5.69 Å². The van der Waals surface area contributed by atoms with Crippen LogP contribution < -0.4 is 5.56 Å². The van der Waals surface area contributed by atoms with E-state index in [1.165, 1.54) is 30.4 Å². The average Bonchev–Trinajstić information content (AvgIpc) is 2.64. The number of rotatable bonds is 3. The third kappa shape index (κ3) is 3.54. The minimum atomic E-state index is 0.0983. The fourth-order valence-electron chi connectivity index (χ4n) is 4.25. The maximum absolute atomic E-state index is 12.5. The average molecular weight is 337 g/mol. The van der Waals surface area contributed by atoms with Crippen molar-refractivity contribution in [3.8, 4) is 0 Å². The number of aromatic amines is 1. The molecule has 1 aromatic heterocycles. The SMILES string of the molecule is Cc1ccccc1CN1CCc2c(nc(C3CCCCC3)[nH]c2=O)C1. The van der Waals surface area contributed by atoms with Crippen molar-refractivity contribution in [1.29, 1.82) is 0 Å². The smallest absolute Gasteiger partial charge is 0.254 e. The number of hydrogen-bond donors (Lipinski definition) is 1. The summed E-state index contributed by atoms with van der Waals surface area (Å²) in [6.07, 6.45) is 6.95. The maximum Gasteiger partial charge on any atom is 0.254 e. The molecule has 4 nitrogen and oxygen atoms in total. The lowest BCUT2D eigenvalue weighted by Gasteiger charge is -2.29. The third-order valence-corrected chi connectivity index (χ3v) is 5.82. The van der Waals surface area contributed by atoms with Crippen molar-refractivity contribution in [2.45, 2.75) is 64.5 Å². The van der Waals surface area contributed by atoms with Crippen LogP contribution >= 0.6 is 0 Å². The molecule has 0 saturated heterocycles. The zero-order chi connectivity index (χ0) is 17.2. The molecule has 4 rings (SSSR count). The van der Waals surface area contributed by atoms with Crippen molar-refractivity contribution in [3.05, 3.63) is 62.8 Å². The molecule has 0 amide bonds. The molecule has 0 bridgehead atoms. The molecule has 2 aliphatic rings. The molecule has 2 aromatic rings. The third-order valence-electron chi connectivity index (χ3n) is 5.82. The zero-order valence-corrected chi connectivity index (χ0v) is 15.1. The Balaban J connectivity index is 1.56. The van der Waals surface area contributed by atoms with Gasteiger partial charge in [-0.25, -0.2) is 4.98 Å². The van der Waals surface area contributed by atoms with Crippen molar-refractivity contribution in [2.24, 2.45) is 0 Å². The van der Waals surface area contributed by atoms with E-state index in [4.69, 9.17) is 4.98 Å². The summed E-state index contributed by atoms with van der Waals surface area (Å²) in [5, 5.41) is 0. The van der Waals surface area contributed by atoms with E-state index in [9.17, 15) is 4.79 Å². The van der Waals surface area contributed by atoms with Gasteiger partial charge < -0.3 is 4.98 Å². The number of benzene rings is 1. The van der Waals surface area contributed by atoms with E-state index in [1.807, 2.05) is 0 Å². The molecule has 1 aromatic carbocycles. The second-order valence-electron chi connectivity index (χ2n) is 7.60. The number of hydrogen-bond acceptors (Lipinski definition) is 3. The van der Waals surface area contributed by atoms with Gasteiger partial charge in [-0.15, -0.1) is 0 Å². The molecule has 0 atom stereocenters. The van der Waals surface area contributed by atoms with Crippen LogP contribution in [0.5, 0.6) is 0 Å².